The first-order valence-electron chi connectivity index (χ1n) is 10.0. The predicted molar refractivity (Wildman–Crippen MR) is 109 cm³/mol. The Balaban J connectivity index is 1.75. The first-order chi connectivity index (χ1) is 13.5. The Morgan fingerprint density at radius 3 is 2.75 bits per heavy atom. The van der Waals surface area contributed by atoms with Gasteiger partial charge in [0, 0.05) is 19.5 Å². The van der Waals surface area contributed by atoms with Crippen molar-refractivity contribution >= 4 is 5.91 Å². The molecule has 0 saturated heterocycles. The number of carbonyl (C=O) groups excluding carboxylic acids is 1. The summed E-state index contributed by atoms with van der Waals surface area (Å²) < 4.78 is 8.19. The van der Waals surface area contributed by atoms with E-state index < -0.39 is 0 Å². The molecule has 1 aromatic heterocycles. The largest absolute Gasteiger partial charge is 0.471 e. The summed E-state index contributed by atoms with van der Waals surface area (Å²) in [5, 5.41) is 8.37. The van der Waals surface area contributed by atoms with Crippen LogP contribution in [-0.2, 0) is 11.2 Å². The van der Waals surface area contributed by atoms with E-state index in [0.717, 1.165) is 29.9 Å². The fourth-order valence-electron chi connectivity index (χ4n) is 4.10. The minimum atomic E-state index is -0.137. The van der Waals surface area contributed by atoms with Crippen LogP contribution >= 0.6 is 0 Å². The maximum Gasteiger partial charge on any atom is 0.246 e. The summed E-state index contributed by atoms with van der Waals surface area (Å²) in [6.45, 7) is 12.0. The van der Waals surface area contributed by atoms with E-state index in [1.807, 2.05) is 16.5 Å². The molecule has 148 valence electrons. The van der Waals surface area contributed by atoms with E-state index in [4.69, 9.17) is 9.84 Å². The fourth-order valence-corrected chi connectivity index (χ4v) is 4.10. The van der Waals surface area contributed by atoms with Gasteiger partial charge in [-0.2, -0.15) is 0 Å². The van der Waals surface area contributed by atoms with Crippen LogP contribution in [0.2, 0.25) is 0 Å². The number of carbonyl (C=O) groups is 1. The van der Waals surface area contributed by atoms with Gasteiger partial charge in [-0.15, -0.1) is 5.10 Å². The number of aromatic nitrogens is 2. The van der Waals surface area contributed by atoms with Crippen molar-refractivity contribution in [1.82, 2.24) is 20.0 Å². The summed E-state index contributed by atoms with van der Waals surface area (Å²) in [4.78, 5) is 14.1. The monoisotopic (exact) mass is 380 g/mol. The molecular formula is C22H28N4O2. The minimum absolute atomic E-state index is 0.0128. The van der Waals surface area contributed by atoms with E-state index in [1.165, 1.54) is 11.6 Å². The Morgan fingerprint density at radius 1 is 1.32 bits per heavy atom. The molecule has 0 saturated carbocycles. The summed E-state index contributed by atoms with van der Waals surface area (Å²) in [6.07, 6.45) is 2.11. The van der Waals surface area contributed by atoms with Crippen molar-refractivity contribution in [2.45, 2.75) is 45.3 Å². The molecule has 3 heterocycles. The van der Waals surface area contributed by atoms with Gasteiger partial charge in [-0.1, -0.05) is 32.6 Å². The average molecular weight is 380 g/mol. The highest BCUT2D eigenvalue weighted by molar-refractivity contribution is 5.87. The van der Waals surface area contributed by atoms with Gasteiger partial charge in [-0.25, -0.2) is 4.68 Å². The van der Waals surface area contributed by atoms with Gasteiger partial charge in [0.2, 0.25) is 11.8 Å². The molecule has 1 N–H and O–H groups in total. The maximum absolute atomic E-state index is 12.3. The molecule has 2 aliphatic rings. The van der Waals surface area contributed by atoms with Crippen LogP contribution in [0.4, 0.5) is 0 Å². The quantitative estimate of drug-likeness (QED) is 0.832. The highest BCUT2D eigenvalue weighted by Gasteiger charge is 2.35. The van der Waals surface area contributed by atoms with Gasteiger partial charge in [0.1, 0.15) is 6.10 Å². The van der Waals surface area contributed by atoms with Crippen LogP contribution in [0.5, 0.6) is 5.88 Å². The maximum atomic E-state index is 12.3. The van der Waals surface area contributed by atoms with Crippen LogP contribution in [0.15, 0.2) is 36.9 Å². The first-order valence-corrected chi connectivity index (χ1v) is 10.0. The smallest absolute Gasteiger partial charge is 0.246 e. The molecular weight excluding hydrogens is 352 g/mol. The summed E-state index contributed by atoms with van der Waals surface area (Å²) in [5.74, 6) is 1.11. The lowest BCUT2D eigenvalue weighted by Crippen LogP contribution is -2.46. The number of benzene rings is 1. The van der Waals surface area contributed by atoms with Gasteiger partial charge >= 0.3 is 0 Å². The van der Waals surface area contributed by atoms with E-state index in [0.29, 0.717) is 24.9 Å². The number of amides is 1. The van der Waals surface area contributed by atoms with E-state index in [9.17, 15) is 4.79 Å². The van der Waals surface area contributed by atoms with Crippen molar-refractivity contribution in [3.8, 4) is 11.6 Å². The standard InChI is InChI=1S/C22H28N4O2/c1-5-20(27)25-12-15(4)28-22-21-18(13-25)23-11-10-19(21)26(24-22)17-8-6-16(7-9-17)14(2)3/h5-9,14-15,18,23H,1,10-13H2,2-4H3. The Hall–Kier alpha value is -2.60. The Kier molecular flexibility index (Phi) is 4.98. The summed E-state index contributed by atoms with van der Waals surface area (Å²) in [6, 6.07) is 8.59. The third-order valence-corrected chi connectivity index (χ3v) is 5.57. The number of nitrogens with zero attached hydrogens (tertiary/aromatic N) is 3. The van der Waals surface area contributed by atoms with E-state index in [-0.39, 0.29) is 18.1 Å². The van der Waals surface area contributed by atoms with Crippen molar-refractivity contribution in [2.24, 2.45) is 0 Å². The van der Waals surface area contributed by atoms with Crippen LogP contribution in [0.3, 0.4) is 0 Å². The van der Waals surface area contributed by atoms with Gasteiger partial charge in [0.25, 0.3) is 0 Å². The van der Waals surface area contributed by atoms with Crippen LogP contribution in [0.25, 0.3) is 5.69 Å². The molecule has 2 aliphatic heterocycles. The normalized spacial score (nSPS) is 21.5. The lowest BCUT2D eigenvalue weighted by molar-refractivity contribution is -0.127. The van der Waals surface area contributed by atoms with Crippen LogP contribution in [0.1, 0.15) is 49.6 Å². The Bertz CT molecular complexity index is 885. The zero-order valence-corrected chi connectivity index (χ0v) is 16.8. The van der Waals surface area contributed by atoms with E-state index >= 15 is 0 Å². The molecule has 1 amide bonds. The highest BCUT2D eigenvalue weighted by Crippen LogP contribution is 2.36. The molecule has 28 heavy (non-hydrogen) atoms. The number of ether oxygens (including phenoxy) is 1. The second-order valence-electron chi connectivity index (χ2n) is 7.96. The van der Waals surface area contributed by atoms with E-state index in [2.05, 4.69) is 50.0 Å². The molecule has 0 radical (unpaired) electrons. The molecule has 0 bridgehead atoms. The van der Waals surface area contributed by atoms with Gasteiger partial charge in [-0.05, 0) is 36.6 Å². The third-order valence-electron chi connectivity index (χ3n) is 5.57. The van der Waals surface area contributed by atoms with Crippen molar-refractivity contribution < 1.29 is 9.53 Å². The molecule has 0 fully saturated rings. The molecule has 4 rings (SSSR count). The summed E-state index contributed by atoms with van der Waals surface area (Å²) in [7, 11) is 0. The number of hydrogen-bond donors (Lipinski definition) is 1. The fraction of sp³-hybridized carbons (Fsp3) is 0.455. The SMILES string of the molecule is C=CC(=O)N1CC(C)Oc2nn(-c3ccc(C(C)C)cc3)c3c2C(C1)NCC3. The van der Waals surface area contributed by atoms with Crippen LogP contribution in [-0.4, -0.2) is 46.3 Å². The summed E-state index contributed by atoms with van der Waals surface area (Å²) in [5.41, 5.74) is 4.59. The summed E-state index contributed by atoms with van der Waals surface area (Å²) >= 11 is 0. The highest BCUT2D eigenvalue weighted by atomic mass is 16.5. The topological polar surface area (TPSA) is 59.4 Å². The minimum Gasteiger partial charge on any atom is -0.471 e. The zero-order valence-electron chi connectivity index (χ0n) is 16.8. The molecule has 2 unspecified atom stereocenters. The molecule has 2 atom stereocenters. The second-order valence-corrected chi connectivity index (χ2v) is 7.96. The van der Waals surface area contributed by atoms with Crippen molar-refractivity contribution in [3.05, 3.63) is 53.7 Å². The van der Waals surface area contributed by atoms with Crippen molar-refractivity contribution in [3.63, 3.8) is 0 Å². The van der Waals surface area contributed by atoms with Gasteiger partial charge < -0.3 is 15.0 Å². The molecule has 0 spiro atoms. The first kappa shape index (κ1) is 18.7. The van der Waals surface area contributed by atoms with E-state index in [1.54, 1.807) is 0 Å². The number of nitrogens with one attached hydrogen (secondary N) is 1. The molecule has 0 aliphatic carbocycles. The molecule has 1 aromatic carbocycles. The van der Waals surface area contributed by atoms with Crippen LogP contribution < -0.4 is 10.1 Å². The predicted octanol–water partition coefficient (Wildman–Crippen LogP) is 2.98. The van der Waals surface area contributed by atoms with Gasteiger partial charge in [0.15, 0.2) is 0 Å². The lowest BCUT2D eigenvalue weighted by Gasteiger charge is -2.34. The van der Waals surface area contributed by atoms with Gasteiger partial charge in [0.05, 0.1) is 29.5 Å². The Morgan fingerprint density at radius 2 is 2.07 bits per heavy atom. The third kappa shape index (κ3) is 3.33. The number of hydrogen-bond acceptors (Lipinski definition) is 4. The Labute approximate surface area is 166 Å². The van der Waals surface area contributed by atoms with Gasteiger partial charge in [-0.3, -0.25) is 4.79 Å². The second kappa shape index (κ2) is 7.43. The lowest BCUT2D eigenvalue weighted by atomic mass is 9.99. The molecule has 6 heteroatoms. The van der Waals surface area contributed by atoms with Crippen LogP contribution in [0, 0.1) is 0 Å². The number of rotatable bonds is 3. The van der Waals surface area contributed by atoms with Crippen molar-refractivity contribution in [2.75, 3.05) is 19.6 Å². The average Bonchev–Trinajstić information content (AvgIpc) is 3.04. The molecule has 2 aromatic rings. The molecule has 6 nitrogen and oxygen atoms in total. The zero-order chi connectivity index (χ0) is 19.8. The van der Waals surface area contributed by atoms with Crippen molar-refractivity contribution in [1.29, 1.82) is 0 Å².